The number of aliphatic hydroxyl groups excluding tert-OH is 1. The topological polar surface area (TPSA) is 229 Å². The number of nitrogens with one attached hydrogen (secondary N) is 1. The lowest BCUT2D eigenvalue weighted by molar-refractivity contribution is -0.304. The van der Waals surface area contributed by atoms with Crippen molar-refractivity contribution < 1.29 is 43.2 Å². The third-order valence-electron chi connectivity index (χ3n) is 6.54. The van der Waals surface area contributed by atoms with Crippen LogP contribution in [-0.4, -0.2) is 59.5 Å². The highest BCUT2D eigenvalue weighted by Crippen LogP contribution is 2.38. The van der Waals surface area contributed by atoms with Gasteiger partial charge in [-0.2, -0.15) is 0 Å². The molecule has 0 saturated carbocycles. The van der Waals surface area contributed by atoms with Crippen molar-refractivity contribution in [1.29, 1.82) is 0 Å². The van der Waals surface area contributed by atoms with Crippen molar-refractivity contribution in [2.75, 3.05) is 12.4 Å². The lowest BCUT2D eigenvalue weighted by Gasteiger charge is -2.47. The Morgan fingerprint density at radius 2 is 1.88 bits per heavy atom. The Morgan fingerprint density at radius 1 is 1.20 bits per heavy atom. The molecular weight excluding hydrogens is 542 g/mol. The Bertz CT molecular complexity index is 1600. The van der Waals surface area contributed by atoms with Crippen LogP contribution in [-0.2, 0) is 14.2 Å². The lowest BCUT2D eigenvalue weighted by atomic mass is 9.89. The summed E-state index contributed by atoms with van der Waals surface area (Å²) in [6.45, 7) is 4.84. The van der Waals surface area contributed by atoms with E-state index in [9.17, 15) is 24.6 Å². The first kappa shape index (κ1) is 29.2. The van der Waals surface area contributed by atoms with Crippen LogP contribution in [0.3, 0.4) is 0 Å². The number of benzene rings is 2. The summed E-state index contributed by atoms with van der Waals surface area (Å²) in [5, 5.41) is 27.6. The monoisotopic (exact) mass is 569 g/mol. The highest BCUT2D eigenvalue weighted by atomic mass is 16.7. The summed E-state index contributed by atoms with van der Waals surface area (Å²) in [5.41, 5.74) is 11.7. The molecule has 4 rings (SSSR count). The van der Waals surface area contributed by atoms with Crippen LogP contribution in [0.25, 0.3) is 21.4 Å². The van der Waals surface area contributed by atoms with Crippen LogP contribution in [0, 0.1) is 6.92 Å². The third-order valence-corrected chi connectivity index (χ3v) is 6.54. The number of hydrogen-bond acceptors (Lipinski definition) is 11. The minimum Gasteiger partial charge on any atom is -0.505 e. The predicted molar refractivity (Wildman–Crippen MR) is 143 cm³/mol. The second-order valence-corrected chi connectivity index (χ2v) is 9.62. The average molecular weight is 570 g/mol. The quantitative estimate of drug-likeness (QED) is 0.140. The minimum absolute atomic E-state index is 0.0500. The Hall–Kier alpha value is -4.82. The van der Waals surface area contributed by atoms with Gasteiger partial charge in [-0.3, -0.25) is 4.79 Å². The maximum Gasteiger partial charge on any atom is 0.404 e. The molecule has 41 heavy (non-hydrogen) atoms. The van der Waals surface area contributed by atoms with Crippen LogP contribution < -0.4 is 21.4 Å². The van der Waals surface area contributed by atoms with Crippen LogP contribution in [0.2, 0.25) is 0 Å². The fourth-order valence-electron chi connectivity index (χ4n) is 4.59. The summed E-state index contributed by atoms with van der Waals surface area (Å²) in [6.07, 6.45) is -6.11. The van der Waals surface area contributed by atoms with Crippen LogP contribution in [0.4, 0.5) is 16.2 Å². The van der Waals surface area contributed by atoms with Crippen molar-refractivity contribution in [3.8, 4) is 11.5 Å². The minimum atomic E-state index is -1.52. The molecule has 1 fully saturated rings. The van der Waals surface area contributed by atoms with E-state index in [1.807, 2.05) is 0 Å². The normalized spacial score (nSPS) is 21.5. The molecule has 15 nitrogen and oxygen atoms in total. The smallest absolute Gasteiger partial charge is 0.404 e. The molecule has 216 valence electrons. The lowest BCUT2D eigenvalue weighted by Crippen LogP contribution is -2.65. The van der Waals surface area contributed by atoms with Gasteiger partial charge in [0, 0.05) is 28.8 Å². The molecule has 1 aliphatic heterocycles. The van der Waals surface area contributed by atoms with Gasteiger partial charge in [0.05, 0.1) is 11.0 Å². The molecule has 0 bridgehead atoms. The molecule has 15 heteroatoms. The molecule has 2 heterocycles. The number of hydrogen-bond donors (Lipinski definition) is 4. The zero-order chi connectivity index (χ0) is 30.1. The van der Waals surface area contributed by atoms with Crippen LogP contribution in [0.15, 0.2) is 50.7 Å². The molecular formula is C26H27N5O10. The zero-order valence-electron chi connectivity index (χ0n) is 22.4. The summed E-state index contributed by atoms with van der Waals surface area (Å²) in [5.74, 6) is -1.15. The summed E-state index contributed by atoms with van der Waals surface area (Å²) >= 11 is 0. The van der Waals surface area contributed by atoms with Crippen molar-refractivity contribution in [3.05, 3.63) is 68.4 Å². The first-order chi connectivity index (χ1) is 19.4. The number of rotatable bonds is 7. The maximum atomic E-state index is 12.8. The number of aryl methyl sites for hydroxylation is 1. The second kappa shape index (κ2) is 11.3. The van der Waals surface area contributed by atoms with Gasteiger partial charge < -0.3 is 44.6 Å². The fourth-order valence-corrected chi connectivity index (χ4v) is 4.59. The van der Waals surface area contributed by atoms with Crippen LogP contribution in [0.5, 0.6) is 11.5 Å². The molecule has 2 amide bonds. The number of fused-ring (bicyclic) bond motifs is 1. The van der Waals surface area contributed by atoms with Gasteiger partial charge in [0.1, 0.15) is 17.4 Å². The molecule has 0 aliphatic carbocycles. The number of carbonyl (C=O) groups excluding carboxylic acids is 2. The first-order valence-corrected chi connectivity index (χ1v) is 12.1. The number of primary amides is 1. The number of nitrogens with two attached hydrogens (primary N) is 1. The first-order valence-electron chi connectivity index (χ1n) is 12.1. The van der Waals surface area contributed by atoms with Crippen molar-refractivity contribution >= 4 is 34.3 Å². The molecule has 1 saturated heterocycles. The molecule has 0 spiro atoms. The van der Waals surface area contributed by atoms with E-state index in [0.717, 1.165) is 0 Å². The van der Waals surface area contributed by atoms with Gasteiger partial charge in [0.15, 0.2) is 23.6 Å². The van der Waals surface area contributed by atoms with Crippen molar-refractivity contribution in [2.45, 2.75) is 51.0 Å². The number of amides is 2. The molecule has 0 unspecified atom stereocenters. The van der Waals surface area contributed by atoms with E-state index in [1.165, 1.54) is 43.5 Å². The van der Waals surface area contributed by atoms with Gasteiger partial charge in [0.2, 0.25) is 6.29 Å². The van der Waals surface area contributed by atoms with Gasteiger partial charge >= 0.3 is 11.7 Å². The standard InChI is InChI=1S/C26H27N5O10/c1-11-15(38-24-18(33)20(40-25(27)36)21(37-4)26(2,3)41-24)10-9-14-17(32)16(23(35)39-19(11)14)29-22(34)12-5-7-13(8-6-12)30-31-28/h5-10,18,20-21,24,32-33H,1-4H3,(H2,27,36)(H,29,34)/t18-,20+,21-,24-/m1/s1. The Balaban J connectivity index is 1.63. The summed E-state index contributed by atoms with van der Waals surface area (Å²) in [6, 6.07) is 8.40. The highest BCUT2D eigenvalue weighted by Gasteiger charge is 2.53. The summed E-state index contributed by atoms with van der Waals surface area (Å²) < 4.78 is 27.7. The van der Waals surface area contributed by atoms with Crippen molar-refractivity contribution in [1.82, 2.24) is 0 Å². The molecule has 4 atom stereocenters. The summed E-state index contributed by atoms with van der Waals surface area (Å²) in [4.78, 5) is 39.6. The molecule has 5 N–H and O–H groups in total. The Morgan fingerprint density at radius 3 is 2.49 bits per heavy atom. The molecule has 3 aromatic rings. The van der Waals surface area contributed by atoms with Crippen molar-refractivity contribution in [3.63, 3.8) is 0 Å². The number of aliphatic hydroxyl groups is 1. The summed E-state index contributed by atoms with van der Waals surface area (Å²) in [7, 11) is 1.36. The third kappa shape index (κ3) is 5.73. The number of methoxy groups -OCH3 is 1. The Labute approximate surface area is 232 Å². The largest absolute Gasteiger partial charge is 0.505 e. The Kier molecular flexibility index (Phi) is 8.07. The van der Waals surface area contributed by atoms with E-state index >= 15 is 0 Å². The van der Waals surface area contributed by atoms with E-state index in [1.54, 1.807) is 20.8 Å². The maximum absolute atomic E-state index is 12.8. The van der Waals surface area contributed by atoms with Gasteiger partial charge in [-0.1, -0.05) is 17.2 Å². The predicted octanol–water partition coefficient (Wildman–Crippen LogP) is 3.35. The number of ether oxygens (including phenoxy) is 4. The van der Waals surface area contributed by atoms with Crippen LogP contribution >= 0.6 is 0 Å². The van der Waals surface area contributed by atoms with E-state index in [4.69, 9.17) is 34.6 Å². The van der Waals surface area contributed by atoms with Crippen molar-refractivity contribution in [2.24, 2.45) is 10.8 Å². The highest BCUT2D eigenvalue weighted by molar-refractivity contribution is 6.06. The van der Waals surface area contributed by atoms with Gasteiger partial charge in [-0.05, 0) is 50.6 Å². The molecule has 0 radical (unpaired) electrons. The zero-order valence-corrected chi connectivity index (χ0v) is 22.4. The SMILES string of the molecule is CO[C@@H]1[C@@H](OC(N)=O)[C@@H](O)[C@H](Oc2ccc3c(O)c(NC(=O)c4ccc(N=[N+]=[N-])cc4)c(=O)oc3c2C)OC1(C)C. The van der Waals surface area contributed by atoms with Gasteiger partial charge in [0.25, 0.3) is 5.91 Å². The van der Waals surface area contributed by atoms with Crippen LogP contribution in [0.1, 0.15) is 29.8 Å². The van der Waals surface area contributed by atoms with E-state index in [2.05, 4.69) is 15.3 Å². The van der Waals surface area contributed by atoms with E-state index in [-0.39, 0.29) is 33.5 Å². The number of aromatic hydroxyl groups is 1. The van der Waals surface area contributed by atoms with Gasteiger partial charge in [-0.25, -0.2) is 9.59 Å². The number of carbonyl (C=O) groups is 2. The second-order valence-electron chi connectivity index (χ2n) is 9.62. The van der Waals surface area contributed by atoms with E-state index < -0.39 is 59.3 Å². The number of nitrogens with zero attached hydrogens (tertiary/aromatic N) is 3. The number of azide groups is 1. The fraction of sp³-hybridized carbons (Fsp3) is 0.346. The number of anilines is 1. The van der Waals surface area contributed by atoms with Gasteiger partial charge in [-0.15, -0.1) is 0 Å². The van der Waals surface area contributed by atoms with E-state index in [0.29, 0.717) is 0 Å². The molecule has 2 aromatic carbocycles. The average Bonchev–Trinajstić information content (AvgIpc) is 2.91. The molecule has 1 aromatic heterocycles. The molecule has 1 aliphatic rings.